The molecule has 2 rings (SSSR count). The first-order valence-electron chi connectivity index (χ1n) is 6.02. The molecule has 1 amide bonds. The van der Waals surface area contributed by atoms with Gasteiger partial charge in [-0.3, -0.25) is 4.79 Å². The lowest BCUT2D eigenvalue weighted by Crippen LogP contribution is -2.46. The number of likely N-dealkylation sites (tertiary alicyclic amines) is 1. The Morgan fingerprint density at radius 2 is 2.33 bits per heavy atom. The van der Waals surface area contributed by atoms with Crippen molar-refractivity contribution in [1.82, 2.24) is 9.47 Å². The smallest absolute Gasteiger partial charge is 0.270 e. The van der Waals surface area contributed by atoms with Gasteiger partial charge in [0.2, 0.25) is 0 Å². The molecule has 1 unspecified atom stereocenters. The Morgan fingerprint density at radius 1 is 1.61 bits per heavy atom. The molecule has 0 aliphatic carbocycles. The first-order chi connectivity index (χ1) is 8.11. The van der Waals surface area contributed by atoms with Gasteiger partial charge in [0.1, 0.15) is 5.69 Å². The minimum atomic E-state index is 0. The molecule has 1 aromatic rings. The second-order valence-corrected chi connectivity index (χ2v) is 5.40. The first-order valence-corrected chi connectivity index (χ1v) is 6.81. The summed E-state index contributed by atoms with van der Waals surface area (Å²) in [5.41, 5.74) is 6.65. The Hall–Kier alpha value is -0.520. The van der Waals surface area contributed by atoms with Crippen molar-refractivity contribution >= 4 is 34.2 Å². The zero-order chi connectivity index (χ0) is 12.4. The van der Waals surface area contributed by atoms with Crippen LogP contribution < -0.4 is 5.73 Å². The topological polar surface area (TPSA) is 51.3 Å². The predicted octanol–water partition coefficient (Wildman–Crippen LogP) is 2.26. The number of piperidine rings is 1. The number of hydrogen-bond acceptors (Lipinski definition) is 2. The summed E-state index contributed by atoms with van der Waals surface area (Å²) in [5, 5.41) is 0. The number of hydrogen-bond donors (Lipinski definition) is 1. The third-order valence-electron chi connectivity index (χ3n) is 3.17. The number of halogens is 2. The molecule has 1 aliphatic rings. The molecule has 102 valence electrons. The van der Waals surface area contributed by atoms with Crippen LogP contribution in [0, 0.1) is 0 Å². The molecule has 2 heterocycles. The van der Waals surface area contributed by atoms with Crippen molar-refractivity contribution < 1.29 is 4.79 Å². The van der Waals surface area contributed by atoms with Gasteiger partial charge in [0.15, 0.2) is 0 Å². The van der Waals surface area contributed by atoms with E-state index in [0.717, 1.165) is 36.1 Å². The summed E-state index contributed by atoms with van der Waals surface area (Å²) in [6, 6.07) is 2.01. The van der Waals surface area contributed by atoms with E-state index in [1.807, 2.05) is 28.7 Å². The van der Waals surface area contributed by atoms with Gasteiger partial charge in [0, 0.05) is 36.3 Å². The van der Waals surface area contributed by atoms with E-state index in [-0.39, 0.29) is 24.4 Å². The number of carbonyl (C=O) groups is 1. The lowest BCUT2D eigenvalue weighted by Gasteiger charge is -2.30. The van der Waals surface area contributed by atoms with Crippen LogP contribution >= 0.6 is 28.3 Å². The standard InChI is InChI=1S/C12H18BrN3O.ClH/c1-2-15-7-9(13)6-11(15)12(17)16-5-3-4-10(14)8-16;/h6-7,10H,2-5,8,14H2,1H3;1H. The summed E-state index contributed by atoms with van der Waals surface area (Å²) in [4.78, 5) is 14.2. The number of nitrogens with two attached hydrogens (primary N) is 1. The summed E-state index contributed by atoms with van der Waals surface area (Å²) in [7, 11) is 0. The maximum absolute atomic E-state index is 12.4. The molecule has 0 aromatic carbocycles. The average molecular weight is 337 g/mol. The van der Waals surface area contributed by atoms with Crippen LogP contribution in [0.5, 0.6) is 0 Å². The van der Waals surface area contributed by atoms with Crippen LogP contribution in [-0.2, 0) is 6.54 Å². The highest BCUT2D eigenvalue weighted by Gasteiger charge is 2.24. The molecule has 1 aliphatic heterocycles. The summed E-state index contributed by atoms with van der Waals surface area (Å²) in [6.45, 7) is 4.32. The number of nitrogens with zero attached hydrogens (tertiary/aromatic N) is 2. The fourth-order valence-electron chi connectivity index (χ4n) is 2.27. The van der Waals surface area contributed by atoms with Crippen LogP contribution in [0.2, 0.25) is 0 Å². The second-order valence-electron chi connectivity index (χ2n) is 4.48. The minimum absolute atomic E-state index is 0. The van der Waals surface area contributed by atoms with Gasteiger partial charge in [0.25, 0.3) is 5.91 Å². The zero-order valence-electron chi connectivity index (χ0n) is 10.4. The molecule has 1 atom stereocenters. The molecule has 2 N–H and O–H groups in total. The third-order valence-corrected chi connectivity index (χ3v) is 3.60. The van der Waals surface area contributed by atoms with Crippen molar-refractivity contribution in [3.05, 3.63) is 22.4 Å². The molecule has 0 radical (unpaired) electrons. The maximum atomic E-state index is 12.4. The predicted molar refractivity (Wildman–Crippen MR) is 78.2 cm³/mol. The quantitative estimate of drug-likeness (QED) is 0.900. The zero-order valence-corrected chi connectivity index (χ0v) is 12.8. The Balaban J connectivity index is 0.00000162. The molecular formula is C12H19BrClN3O. The van der Waals surface area contributed by atoms with Crippen molar-refractivity contribution in [3.8, 4) is 0 Å². The van der Waals surface area contributed by atoms with Gasteiger partial charge >= 0.3 is 0 Å². The van der Waals surface area contributed by atoms with E-state index in [1.165, 1.54) is 0 Å². The second kappa shape index (κ2) is 6.59. The third kappa shape index (κ3) is 3.28. The van der Waals surface area contributed by atoms with Crippen LogP contribution in [0.3, 0.4) is 0 Å². The molecule has 4 nitrogen and oxygen atoms in total. The molecule has 1 aromatic heterocycles. The van der Waals surface area contributed by atoms with Crippen molar-refractivity contribution in [2.24, 2.45) is 5.73 Å². The maximum Gasteiger partial charge on any atom is 0.270 e. The summed E-state index contributed by atoms with van der Waals surface area (Å²) in [6.07, 6.45) is 3.96. The summed E-state index contributed by atoms with van der Waals surface area (Å²) < 4.78 is 2.91. The molecule has 6 heteroatoms. The van der Waals surface area contributed by atoms with Gasteiger partial charge in [-0.2, -0.15) is 0 Å². The van der Waals surface area contributed by atoms with Gasteiger partial charge in [0.05, 0.1) is 0 Å². The fourth-order valence-corrected chi connectivity index (χ4v) is 2.74. The molecule has 0 spiro atoms. The number of rotatable bonds is 2. The number of amides is 1. The normalized spacial score (nSPS) is 19.5. The van der Waals surface area contributed by atoms with Gasteiger partial charge < -0.3 is 15.2 Å². The van der Waals surface area contributed by atoms with Gasteiger partial charge in [-0.15, -0.1) is 12.4 Å². The number of aromatic nitrogens is 1. The van der Waals surface area contributed by atoms with Crippen molar-refractivity contribution in [2.45, 2.75) is 32.4 Å². The summed E-state index contributed by atoms with van der Waals surface area (Å²) >= 11 is 3.41. The van der Waals surface area contributed by atoms with Crippen molar-refractivity contribution in [1.29, 1.82) is 0 Å². The highest BCUT2D eigenvalue weighted by Crippen LogP contribution is 2.18. The van der Waals surface area contributed by atoms with E-state index < -0.39 is 0 Å². The Morgan fingerprint density at radius 3 is 2.94 bits per heavy atom. The SMILES string of the molecule is CCn1cc(Br)cc1C(=O)N1CCCC(N)C1.Cl. The van der Waals surface area contributed by atoms with E-state index >= 15 is 0 Å². The van der Waals surface area contributed by atoms with E-state index in [1.54, 1.807) is 0 Å². The highest BCUT2D eigenvalue weighted by molar-refractivity contribution is 9.10. The molecule has 18 heavy (non-hydrogen) atoms. The molecule has 1 fully saturated rings. The molecule has 0 bridgehead atoms. The van der Waals surface area contributed by atoms with Crippen LogP contribution in [0.4, 0.5) is 0 Å². The van der Waals surface area contributed by atoms with E-state index in [4.69, 9.17) is 5.73 Å². The minimum Gasteiger partial charge on any atom is -0.343 e. The molecule has 1 saturated heterocycles. The van der Waals surface area contributed by atoms with E-state index in [9.17, 15) is 4.79 Å². The van der Waals surface area contributed by atoms with Crippen LogP contribution in [-0.4, -0.2) is 34.5 Å². The van der Waals surface area contributed by atoms with Gasteiger partial charge in [-0.25, -0.2) is 0 Å². The lowest BCUT2D eigenvalue weighted by atomic mass is 10.1. The highest BCUT2D eigenvalue weighted by atomic mass is 79.9. The van der Waals surface area contributed by atoms with Crippen LogP contribution in [0.1, 0.15) is 30.3 Å². The average Bonchev–Trinajstić information content (AvgIpc) is 2.69. The molecule has 0 saturated carbocycles. The number of aryl methyl sites for hydroxylation is 1. The van der Waals surface area contributed by atoms with Gasteiger partial charge in [-0.05, 0) is 41.8 Å². The first kappa shape index (κ1) is 15.5. The van der Waals surface area contributed by atoms with Crippen LogP contribution in [0.25, 0.3) is 0 Å². The Kier molecular flexibility index (Phi) is 5.69. The van der Waals surface area contributed by atoms with Crippen molar-refractivity contribution in [2.75, 3.05) is 13.1 Å². The van der Waals surface area contributed by atoms with Gasteiger partial charge in [-0.1, -0.05) is 0 Å². The van der Waals surface area contributed by atoms with E-state index in [2.05, 4.69) is 15.9 Å². The Bertz CT molecular complexity index is 421. The van der Waals surface area contributed by atoms with Crippen molar-refractivity contribution in [3.63, 3.8) is 0 Å². The fraction of sp³-hybridized carbons (Fsp3) is 0.583. The number of carbonyl (C=O) groups excluding carboxylic acids is 1. The summed E-state index contributed by atoms with van der Waals surface area (Å²) in [5.74, 6) is 0.0905. The van der Waals surface area contributed by atoms with E-state index in [0.29, 0.717) is 6.54 Å². The lowest BCUT2D eigenvalue weighted by molar-refractivity contribution is 0.0698. The molecular weight excluding hydrogens is 318 g/mol. The Labute approximate surface area is 122 Å². The van der Waals surface area contributed by atoms with Crippen LogP contribution in [0.15, 0.2) is 16.7 Å². The largest absolute Gasteiger partial charge is 0.343 e. The monoisotopic (exact) mass is 335 g/mol.